The number of hydrogen-bond donors (Lipinski definition) is 0. The van der Waals surface area contributed by atoms with Crippen molar-refractivity contribution in [2.24, 2.45) is 0 Å². The summed E-state index contributed by atoms with van der Waals surface area (Å²) in [7, 11) is 0. The van der Waals surface area contributed by atoms with Gasteiger partial charge in [-0.15, -0.1) is 0 Å². The number of pyridine rings is 3. The predicted octanol–water partition coefficient (Wildman–Crippen LogP) is 8.85. The molecule has 0 saturated carbocycles. The second-order valence-electron chi connectivity index (χ2n) is 9.40. The Hall–Kier alpha value is -5.15. The third kappa shape index (κ3) is 4.21. The zero-order valence-electron chi connectivity index (χ0n) is 20.6. The molecular formula is C35H23N3. The fourth-order valence-electron chi connectivity index (χ4n) is 4.90. The van der Waals surface area contributed by atoms with Gasteiger partial charge < -0.3 is 0 Å². The number of benzene rings is 4. The average molecular weight is 486 g/mol. The van der Waals surface area contributed by atoms with Crippen molar-refractivity contribution in [2.45, 2.75) is 0 Å². The first-order chi connectivity index (χ1) is 18.8. The molecule has 178 valence electrons. The summed E-state index contributed by atoms with van der Waals surface area (Å²) in [5.74, 6) is 0. The van der Waals surface area contributed by atoms with Crippen LogP contribution in [0.1, 0.15) is 0 Å². The van der Waals surface area contributed by atoms with Crippen LogP contribution in [0, 0.1) is 0 Å². The van der Waals surface area contributed by atoms with Gasteiger partial charge in [0.15, 0.2) is 0 Å². The van der Waals surface area contributed by atoms with Crippen LogP contribution in [-0.4, -0.2) is 15.0 Å². The minimum absolute atomic E-state index is 0.885. The number of aromatic nitrogens is 3. The number of rotatable bonds is 4. The highest BCUT2D eigenvalue weighted by Crippen LogP contribution is 2.33. The summed E-state index contributed by atoms with van der Waals surface area (Å²) in [6, 6.07) is 44.2. The summed E-state index contributed by atoms with van der Waals surface area (Å²) in [6.07, 6.45) is 3.82. The summed E-state index contributed by atoms with van der Waals surface area (Å²) in [6.45, 7) is 0. The Bertz CT molecular complexity index is 1810. The number of nitrogens with zero attached hydrogens (tertiary/aromatic N) is 3. The van der Waals surface area contributed by atoms with E-state index in [0.717, 1.165) is 55.4 Å². The molecule has 3 heterocycles. The summed E-state index contributed by atoms with van der Waals surface area (Å²) in [5.41, 5.74) is 10.3. The summed E-state index contributed by atoms with van der Waals surface area (Å²) >= 11 is 0. The molecule has 7 rings (SSSR count). The molecule has 0 radical (unpaired) electrons. The Morgan fingerprint density at radius 1 is 0.342 bits per heavy atom. The van der Waals surface area contributed by atoms with Crippen LogP contribution in [0.15, 0.2) is 140 Å². The molecule has 0 aliphatic rings. The van der Waals surface area contributed by atoms with E-state index >= 15 is 0 Å². The lowest BCUT2D eigenvalue weighted by molar-refractivity contribution is 1.29. The van der Waals surface area contributed by atoms with Crippen LogP contribution in [-0.2, 0) is 0 Å². The SMILES string of the molecule is c1ccc(-c2ccc(-c3cc(-c4cnc5ccccc5c4)nc(-c4cnc5ccccc5c4)c3)cc2)cc1. The highest BCUT2D eigenvalue weighted by Gasteiger charge is 2.11. The van der Waals surface area contributed by atoms with Crippen molar-refractivity contribution >= 4 is 21.8 Å². The van der Waals surface area contributed by atoms with Gasteiger partial charge in [-0.25, -0.2) is 4.98 Å². The molecule has 38 heavy (non-hydrogen) atoms. The van der Waals surface area contributed by atoms with Crippen LogP contribution in [0.5, 0.6) is 0 Å². The molecule has 4 aromatic carbocycles. The van der Waals surface area contributed by atoms with Gasteiger partial charge in [-0.05, 0) is 58.7 Å². The average Bonchev–Trinajstić information content (AvgIpc) is 3.01. The number of para-hydroxylation sites is 2. The van der Waals surface area contributed by atoms with Gasteiger partial charge in [-0.1, -0.05) is 91.0 Å². The molecule has 0 aliphatic heterocycles. The first-order valence-electron chi connectivity index (χ1n) is 12.7. The van der Waals surface area contributed by atoms with Crippen LogP contribution in [0.4, 0.5) is 0 Å². The number of fused-ring (bicyclic) bond motifs is 2. The van der Waals surface area contributed by atoms with E-state index in [4.69, 9.17) is 15.0 Å². The minimum Gasteiger partial charge on any atom is -0.256 e. The Balaban J connectivity index is 1.38. The van der Waals surface area contributed by atoms with Crippen molar-refractivity contribution in [1.82, 2.24) is 15.0 Å². The van der Waals surface area contributed by atoms with Crippen molar-refractivity contribution in [3.63, 3.8) is 0 Å². The lowest BCUT2D eigenvalue weighted by atomic mass is 9.97. The Morgan fingerprint density at radius 2 is 0.789 bits per heavy atom. The molecule has 7 aromatic rings. The normalized spacial score (nSPS) is 11.2. The van der Waals surface area contributed by atoms with Crippen molar-refractivity contribution in [3.05, 3.63) is 140 Å². The fourth-order valence-corrected chi connectivity index (χ4v) is 4.90. The van der Waals surface area contributed by atoms with Gasteiger partial charge in [0.25, 0.3) is 0 Å². The molecule has 0 fully saturated rings. The third-order valence-electron chi connectivity index (χ3n) is 6.92. The van der Waals surface area contributed by atoms with Gasteiger partial charge in [-0.3, -0.25) is 9.97 Å². The summed E-state index contributed by atoms with van der Waals surface area (Å²) in [5, 5.41) is 2.19. The van der Waals surface area contributed by atoms with Crippen LogP contribution in [0.25, 0.3) is 66.6 Å². The van der Waals surface area contributed by atoms with Gasteiger partial charge in [0, 0.05) is 34.3 Å². The van der Waals surface area contributed by atoms with E-state index in [1.807, 2.05) is 54.9 Å². The van der Waals surface area contributed by atoms with Gasteiger partial charge in [0.05, 0.1) is 22.4 Å². The second kappa shape index (κ2) is 9.38. The Labute approximate surface area is 221 Å². The molecule has 3 aromatic heterocycles. The predicted molar refractivity (Wildman–Crippen MR) is 157 cm³/mol. The van der Waals surface area contributed by atoms with Crippen molar-refractivity contribution < 1.29 is 0 Å². The van der Waals surface area contributed by atoms with Gasteiger partial charge in [0.2, 0.25) is 0 Å². The molecular weight excluding hydrogens is 462 g/mol. The molecule has 0 saturated heterocycles. The minimum atomic E-state index is 0.885. The van der Waals surface area contributed by atoms with Crippen LogP contribution in [0.3, 0.4) is 0 Å². The highest BCUT2D eigenvalue weighted by atomic mass is 14.7. The van der Waals surface area contributed by atoms with Crippen molar-refractivity contribution in [3.8, 4) is 44.8 Å². The van der Waals surface area contributed by atoms with Crippen LogP contribution < -0.4 is 0 Å². The maximum atomic E-state index is 5.10. The lowest BCUT2D eigenvalue weighted by Crippen LogP contribution is -1.93. The van der Waals surface area contributed by atoms with E-state index in [1.54, 1.807) is 0 Å². The topological polar surface area (TPSA) is 38.7 Å². The standard InChI is InChI=1S/C35H23N3/c1-2-8-24(9-3-1)25-14-16-26(17-15-25)29-20-34(30-18-27-10-4-6-12-32(27)36-22-30)38-35(21-29)31-19-28-11-5-7-13-33(28)37-23-31/h1-23H. The highest BCUT2D eigenvalue weighted by molar-refractivity contribution is 5.86. The first kappa shape index (κ1) is 22.1. The second-order valence-corrected chi connectivity index (χ2v) is 9.40. The molecule has 3 heteroatoms. The van der Waals surface area contributed by atoms with E-state index in [1.165, 1.54) is 11.1 Å². The largest absolute Gasteiger partial charge is 0.256 e. The molecule has 0 unspecified atom stereocenters. The monoisotopic (exact) mass is 485 g/mol. The maximum Gasteiger partial charge on any atom is 0.0731 e. The smallest absolute Gasteiger partial charge is 0.0731 e. The molecule has 0 aliphatic carbocycles. The van der Waals surface area contributed by atoms with Crippen molar-refractivity contribution in [1.29, 1.82) is 0 Å². The maximum absolute atomic E-state index is 5.10. The lowest BCUT2D eigenvalue weighted by Gasteiger charge is -2.12. The van der Waals surface area contributed by atoms with Crippen LogP contribution in [0.2, 0.25) is 0 Å². The van der Waals surface area contributed by atoms with Gasteiger partial charge >= 0.3 is 0 Å². The molecule has 0 amide bonds. The zero-order valence-corrected chi connectivity index (χ0v) is 20.6. The molecule has 3 nitrogen and oxygen atoms in total. The van der Waals surface area contributed by atoms with Crippen molar-refractivity contribution in [2.75, 3.05) is 0 Å². The van der Waals surface area contributed by atoms with Gasteiger partial charge in [-0.2, -0.15) is 0 Å². The Morgan fingerprint density at radius 3 is 1.34 bits per heavy atom. The zero-order chi connectivity index (χ0) is 25.3. The molecule has 0 bridgehead atoms. The van der Waals surface area contributed by atoms with E-state index in [9.17, 15) is 0 Å². The summed E-state index contributed by atoms with van der Waals surface area (Å²) < 4.78 is 0. The van der Waals surface area contributed by atoms with E-state index < -0.39 is 0 Å². The molecule has 0 N–H and O–H groups in total. The quantitative estimate of drug-likeness (QED) is 0.250. The van der Waals surface area contributed by atoms with E-state index in [0.29, 0.717) is 0 Å². The van der Waals surface area contributed by atoms with Crippen LogP contribution >= 0.6 is 0 Å². The molecule has 0 atom stereocenters. The molecule has 0 spiro atoms. The summed E-state index contributed by atoms with van der Waals surface area (Å²) in [4.78, 5) is 14.5. The van der Waals surface area contributed by atoms with Gasteiger partial charge in [0.1, 0.15) is 0 Å². The fraction of sp³-hybridized carbons (Fsp3) is 0. The third-order valence-corrected chi connectivity index (χ3v) is 6.92. The Kier molecular flexibility index (Phi) is 5.45. The van der Waals surface area contributed by atoms with E-state index in [2.05, 4.69) is 84.9 Å². The number of hydrogen-bond acceptors (Lipinski definition) is 3. The van der Waals surface area contributed by atoms with E-state index in [-0.39, 0.29) is 0 Å². The first-order valence-corrected chi connectivity index (χ1v) is 12.7.